The number of aromatic hydroxyl groups is 1. The lowest BCUT2D eigenvalue weighted by molar-refractivity contribution is -0.158. The second-order valence-electron chi connectivity index (χ2n) is 10.8. The van der Waals surface area contributed by atoms with E-state index in [-0.39, 0.29) is 41.1 Å². The summed E-state index contributed by atoms with van der Waals surface area (Å²) in [6.45, 7) is 8.06. The summed E-state index contributed by atoms with van der Waals surface area (Å²) in [7, 11) is 2.10. The maximum Gasteiger partial charge on any atom is 0.302 e. The van der Waals surface area contributed by atoms with Gasteiger partial charge in [-0.15, -0.1) is 0 Å². The molecule has 2 aromatic carbocycles. The summed E-state index contributed by atoms with van der Waals surface area (Å²) in [5, 5.41) is 10.4. The highest BCUT2D eigenvalue weighted by Gasteiger charge is 2.54. The quantitative estimate of drug-likeness (QED) is 0.620. The molecule has 2 aliphatic rings. The Bertz CT molecular complexity index is 1040. The molecule has 1 aliphatic carbocycles. The van der Waals surface area contributed by atoms with E-state index in [1.807, 2.05) is 47.4 Å². The van der Waals surface area contributed by atoms with E-state index in [9.17, 15) is 14.7 Å². The molecule has 1 saturated heterocycles. The fourth-order valence-corrected chi connectivity index (χ4v) is 6.25. The van der Waals surface area contributed by atoms with Gasteiger partial charge in [-0.25, -0.2) is 0 Å². The number of carbonyl (C=O) groups excluding carboxylic acids is 2. The minimum atomic E-state index is -0.311. The standard InChI is InChI=1S/C29H38N2O4/c1-20(2)18-31(28(34)22-9-6-5-7-10-22)24-16-27(35-21(3)32)26-19-30(4)14-13-29(26,17-24)23-11-8-12-25(33)15-23/h5-12,15,20,24,26-27,33H,13-14,16-19H2,1-4H3/t24-,26+,27?,29+/m1/s1. The normalized spacial score (nSPS) is 26.7. The molecule has 1 N–H and O–H groups in total. The molecule has 35 heavy (non-hydrogen) atoms. The Labute approximate surface area is 208 Å². The highest BCUT2D eigenvalue weighted by molar-refractivity contribution is 5.94. The Morgan fingerprint density at radius 2 is 1.91 bits per heavy atom. The van der Waals surface area contributed by atoms with Crippen molar-refractivity contribution in [2.24, 2.45) is 11.8 Å². The van der Waals surface area contributed by atoms with Crippen molar-refractivity contribution in [3.63, 3.8) is 0 Å². The number of amides is 1. The second-order valence-corrected chi connectivity index (χ2v) is 10.8. The van der Waals surface area contributed by atoms with Crippen LogP contribution in [-0.4, -0.2) is 65.6 Å². The van der Waals surface area contributed by atoms with Crippen LogP contribution >= 0.6 is 0 Å². The van der Waals surface area contributed by atoms with Gasteiger partial charge in [-0.05, 0) is 62.2 Å². The Balaban J connectivity index is 1.79. The van der Waals surface area contributed by atoms with Crippen LogP contribution in [0.2, 0.25) is 0 Å². The van der Waals surface area contributed by atoms with E-state index in [0.29, 0.717) is 24.4 Å². The maximum atomic E-state index is 13.8. The smallest absolute Gasteiger partial charge is 0.302 e. The molecule has 1 aliphatic heterocycles. The molecule has 188 valence electrons. The van der Waals surface area contributed by atoms with Crippen LogP contribution in [0.5, 0.6) is 5.75 Å². The first-order valence-corrected chi connectivity index (χ1v) is 12.7. The largest absolute Gasteiger partial charge is 0.508 e. The number of phenolic OH excluding ortho intramolecular Hbond substituents is 1. The van der Waals surface area contributed by atoms with Gasteiger partial charge in [0.05, 0.1) is 0 Å². The Hall–Kier alpha value is -2.86. The molecule has 0 radical (unpaired) electrons. The monoisotopic (exact) mass is 478 g/mol. The Kier molecular flexibility index (Phi) is 7.50. The number of ether oxygens (including phenoxy) is 1. The van der Waals surface area contributed by atoms with Crippen molar-refractivity contribution < 1.29 is 19.4 Å². The van der Waals surface area contributed by atoms with Crippen LogP contribution in [0.15, 0.2) is 54.6 Å². The van der Waals surface area contributed by atoms with E-state index in [0.717, 1.165) is 31.5 Å². The van der Waals surface area contributed by atoms with Crippen molar-refractivity contribution in [2.75, 3.05) is 26.7 Å². The lowest BCUT2D eigenvalue weighted by atomic mass is 9.56. The topological polar surface area (TPSA) is 70.1 Å². The second kappa shape index (κ2) is 10.4. The number of hydrogen-bond donors (Lipinski definition) is 1. The van der Waals surface area contributed by atoms with Crippen LogP contribution in [0.4, 0.5) is 0 Å². The number of likely N-dealkylation sites (tertiary alicyclic amines) is 1. The molecule has 6 heteroatoms. The summed E-state index contributed by atoms with van der Waals surface area (Å²) in [5.41, 5.74) is 1.43. The molecule has 1 amide bonds. The van der Waals surface area contributed by atoms with Crippen LogP contribution in [0.1, 0.15) is 56.0 Å². The molecule has 2 fully saturated rings. The SMILES string of the molecule is CC(=O)OC1C[C@@H](N(CC(C)C)C(=O)c2ccccc2)C[C@]2(c3cccc(O)c3)CCN(C)C[C@@H]12. The van der Waals surface area contributed by atoms with Crippen molar-refractivity contribution in [2.45, 2.75) is 57.6 Å². The predicted octanol–water partition coefficient (Wildman–Crippen LogP) is 4.47. The van der Waals surface area contributed by atoms with Gasteiger partial charge in [0.25, 0.3) is 5.91 Å². The lowest BCUT2D eigenvalue weighted by Crippen LogP contribution is -2.62. The van der Waals surface area contributed by atoms with Gasteiger partial charge in [0.15, 0.2) is 0 Å². The number of carbonyl (C=O) groups is 2. The van der Waals surface area contributed by atoms with Crippen molar-refractivity contribution in [3.8, 4) is 5.75 Å². The third-order valence-electron chi connectivity index (χ3n) is 7.73. The molecule has 4 rings (SSSR count). The summed E-state index contributed by atoms with van der Waals surface area (Å²) in [6.07, 6.45) is 1.96. The average Bonchev–Trinajstić information content (AvgIpc) is 2.82. The molecular formula is C29H38N2O4. The zero-order valence-electron chi connectivity index (χ0n) is 21.3. The third-order valence-corrected chi connectivity index (χ3v) is 7.73. The number of hydrogen-bond acceptors (Lipinski definition) is 5. The van der Waals surface area contributed by atoms with E-state index in [2.05, 4.69) is 31.9 Å². The molecule has 2 aromatic rings. The Morgan fingerprint density at radius 3 is 2.57 bits per heavy atom. The van der Waals surface area contributed by atoms with E-state index in [4.69, 9.17) is 4.74 Å². The number of piperidine rings is 1. The van der Waals surface area contributed by atoms with Gasteiger partial charge in [-0.2, -0.15) is 0 Å². The summed E-state index contributed by atoms with van der Waals surface area (Å²) in [5.74, 6) is 0.333. The molecule has 1 unspecified atom stereocenters. The summed E-state index contributed by atoms with van der Waals surface area (Å²) in [4.78, 5) is 30.3. The summed E-state index contributed by atoms with van der Waals surface area (Å²) < 4.78 is 5.99. The zero-order chi connectivity index (χ0) is 25.2. The average molecular weight is 479 g/mol. The third kappa shape index (κ3) is 5.37. The van der Waals surface area contributed by atoms with E-state index < -0.39 is 0 Å². The number of nitrogens with zero attached hydrogens (tertiary/aromatic N) is 2. The number of phenols is 1. The number of benzene rings is 2. The fourth-order valence-electron chi connectivity index (χ4n) is 6.25. The van der Waals surface area contributed by atoms with Crippen LogP contribution < -0.4 is 0 Å². The van der Waals surface area contributed by atoms with Crippen molar-refractivity contribution in [3.05, 3.63) is 65.7 Å². The van der Waals surface area contributed by atoms with Gasteiger partial charge >= 0.3 is 5.97 Å². The molecule has 0 aromatic heterocycles. The fraction of sp³-hybridized carbons (Fsp3) is 0.517. The molecule has 0 bridgehead atoms. The van der Waals surface area contributed by atoms with E-state index in [1.54, 1.807) is 6.07 Å². The zero-order valence-corrected chi connectivity index (χ0v) is 21.3. The first kappa shape index (κ1) is 25.2. The van der Waals surface area contributed by atoms with E-state index >= 15 is 0 Å². The van der Waals surface area contributed by atoms with Gasteiger partial charge in [0.2, 0.25) is 0 Å². The van der Waals surface area contributed by atoms with Crippen molar-refractivity contribution in [1.82, 2.24) is 9.80 Å². The van der Waals surface area contributed by atoms with Crippen molar-refractivity contribution >= 4 is 11.9 Å². The molecular weight excluding hydrogens is 440 g/mol. The lowest BCUT2D eigenvalue weighted by Gasteiger charge is -2.56. The van der Waals surface area contributed by atoms with Gasteiger partial charge < -0.3 is 19.6 Å². The molecule has 1 saturated carbocycles. The number of fused-ring (bicyclic) bond motifs is 1. The van der Waals surface area contributed by atoms with Gasteiger partial charge in [0, 0.05) is 49.4 Å². The molecule has 6 nitrogen and oxygen atoms in total. The predicted molar refractivity (Wildman–Crippen MR) is 136 cm³/mol. The molecule has 4 atom stereocenters. The van der Waals surface area contributed by atoms with Gasteiger partial charge in [0.1, 0.15) is 11.9 Å². The van der Waals surface area contributed by atoms with Crippen LogP contribution in [0.25, 0.3) is 0 Å². The molecule has 1 heterocycles. The molecule has 0 spiro atoms. The first-order valence-electron chi connectivity index (χ1n) is 12.7. The minimum Gasteiger partial charge on any atom is -0.508 e. The highest BCUT2D eigenvalue weighted by Crippen LogP contribution is 2.51. The van der Waals surface area contributed by atoms with Crippen LogP contribution in [-0.2, 0) is 14.9 Å². The first-order chi connectivity index (χ1) is 16.7. The number of rotatable bonds is 6. The summed E-state index contributed by atoms with van der Waals surface area (Å²) in [6, 6.07) is 16.9. The van der Waals surface area contributed by atoms with Crippen LogP contribution in [0.3, 0.4) is 0 Å². The minimum absolute atomic E-state index is 0.0170. The number of esters is 1. The van der Waals surface area contributed by atoms with Crippen LogP contribution in [0, 0.1) is 11.8 Å². The maximum absolute atomic E-state index is 13.8. The Morgan fingerprint density at radius 1 is 1.17 bits per heavy atom. The van der Waals surface area contributed by atoms with Gasteiger partial charge in [-0.1, -0.05) is 44.2 Å². The van der Waals surface area contributed by atoms with E-state index in [1.165, 1.54) is 6.92 Å². The van der Waals surface area contributed by atoms with Gasteiger partial charge in [-0.3, -0.25) is 9.59 Å². The highest BCUT2D eigenvalue weighted by atomic mass is 16.5. The summed E-state index contributed by atoms with van der Waals surface area (Å²) >= 11 is 0. The van der Waals surface area contributed by atoms with Crippen molar-refractivity contribution in [1.29, 1.82) is 0 Å².